The second kappa shape index (κ2) is 15.5. The van der Waals surface area contributed by atoms with Crippen molar-refractivity contribution in [3.63, 3.8) is 0 Å². The minimum Gasteiger partial charge on any atom is -0.349 e. The van der Waals surface area contributed by atoms with Crippen LogP contribution in [0.5, 0.6) is 0 Å². The van der Waals surface area contributed by atoms with Crippen LogP contribution in [0.4, 0.5) is 22.0 Å². The first-order valence-electron chi connectivity index (χ1n) is 17.4. The first-order chi connectivity index (χ1) is 24.9. The van der Waals surface area contributed by atoms with Gasteiger partial charge in [-0.3, -0.25) is 14.4 Å². The first kappa shape index (κ1) is 37.1. The van der Waals surface area contributed by atoms with Gasteiger partial charge in [0.2, 0.25) is 5.91 Å². The van der Waals surface area contributed by atoms with Gasteiger partial charge in [-0.15, -0.1) is 5.48 Å². The Bertz CT molecular complexity index is 1830. The van der Waals surface area contributed by atoms with E-state index < -0.39 is 30.1 Å². The highest BCUT2D eigenvalue weighted by Gasteiger charge is 2.49. The fourth-order valence-corrected chi connectivity index (χ4v) is 7.55. The number of nitrogens with zero attached hydrogens (tertiary/aromatic N) is 1. The summed E-state index contributed by atoms with van der Waals surface area (Å²) >= 11 is 0. The lowest BCUT2D eigenvalue weighted by atomic mass is 9.73. The van der Waals surface area contributed by atoms with E-state index in [-0.39, 0.29) is 17.5 Å². The summed E-state index contributed by atoms with van der Waals surface area (Å²) in [6, 6.07) is 24.2. The molecule has 6 rings (SSSR count). The number of benzene rings is 4. The summed E-state index contributed by atoms with van der Waals surface area (Å²) in [6.07, 6.45) is -1.33. The van der Waals surface area contributed by atoms with Gasteiger partial charge in [0.15, 0.2) is 0 Å². The number of carbonyl (C=O) groups excluding carboxylic acids is 2. The summed E-state index contributed by atoms with van der Waals surface area (Å²) in [5.41, 5.74) is 5.07. The van der Waals surface area contributed by atoms with Crippen molar-refractivity contribution in [3.8, 4) is 22.3 Å². The Morgan fingerprint density at radius 1 is 0.788 bits per heavy atom. The molecule has 0 spiro atoms. The summed E-state index contributed by atoms with van der Waals surface area (Å²) in [5, 5.41) is 5.34. The van der Waals surface area contributed by atoms with Gasteiger partial charge in [0.05, 0.1) is 7.11 Å². The number of alkyl halides is 5. The number of amides is 2. The van der Waals surface area contributed by atoms with Crippen LogP contribution >= 0.6 is 0 Å². The van der Waals surface area contributed by atoms with Crippen LogP contribution in [-0.2, 0) is 21.1 Å². The van der Waals surface area contributed by atoms with E-state index >= 15 is 0 Å². The predicted octanol–water partition coefficient (Wildman–Crippen LogP) is 7.56. The van der Waals surface area contributed by atoms with E-state index in [1.807, 2.05) is 48.5 Å². The van der Waals surface area contributed by atoms with Gasteiger partial charge in [0.25, 0.3) is 5.91 Å². The maximum atomic E-state index is 14.2. The molecule has 3 N–H and O–H groups in total. The molecule has 1 heterocycles. The predicted molar refractivity (Wildman–Crippen MR) is 188 cm³/mol. The lowest BCUT2D eigenvalue weighted by Gasteiger charge is -2.33. The SMILES string of the molecule is CONC(F)(F)c1ccc(-c2ccccc2C(=O)NC2CCN(CCCCC3(C(=O)NCC(F)(F)F)c4ccccc4-c4ccccc43)CC2)cc1. The lowest BCUT2D eigenvalue weighted by Crippen LogP contribution is -2.47. The van der Waals surface area contributed by atoms with E-state index in [4.69, 9.17) is 0 Å². The number of likely N-dealkylation sites (tertiary alicyclic amines) is 1. The van der Waals surface area contributed by atoms with E-state index in [2.05, 4.69) is 20.4 Å². The Morgan fingerprint density at radius 3 is 1.96 bits per heavy atom. The number of halogens is 5. The number of carbonyl (C=O) groups is 2. The summed E-state index contributed by atoms with van der Waals surface area (Å²) in [5.74, 6) is -0.881. The average molecular weight is 721 g/mol. The standard InChI is InChI=1S/C40H41F5N4O3/c1-52-48-40(44,45)28-18-16-27(17-19-28)30-10-2-3-13-33(30)36(50)47-29-20-24-49(25-21-29)23-9-8-22-38(37(51)46-26-39(41,42)43)34-14-6-4-11-31(34)32-12-5-7-15-35(32)38/h2-7,10-19,29,48H,8-9,20-26H2,1H3,(H,46,51)(H,47,50). The van der Waals surface area contributed by atoms with Crippen molar-refractivity contribution in [1.82, 2.24) is 21.0 Å². The maximum Gasteiger partial charge on any atom is 0.405 e. The van der Waals surface area contributed by atoms with E-state index in [0.717, 1.165) is 68.3 Å². The summed E-state index contributed by atoms with van der Waals surface area (Å²) in [6.45, 7) is 0.861. The minimum absolute atomic E-state index is 0.0509. The highest BCUT2D eigenvalue weighted by molar-refractivity contribution is 6.01. The third-order valence-corrected chi connectivity index (χ3v) is 10.1. The second-order valence-electron chi connectivity index (χ2n) is 13.3. The van der Waals surface area contributed by atoms with Crippen molar-refractivity contribution in [2.24, 2.45) is 0 Å². The summed E-state index contributed by atoms with van der Waals surface area (Å²) in [4.78, 5) is 33.9. The molecule has 1 fully saturated rings. The number of unbranched alkanes of at least 4 members (excludes halogenated alkanes) is 1. The van der Waals surface area contributed by atoms with Crippen LogP contribution in [0.15, 0.2) is 97.1 Å². The van der Waals surface area contributed by atoms with Gasteiger partial charge in [-0.05, 0) is 71.7 Å². The average Bonchev–Trinajstić information content (AvgIpc) is 3.43. The third-order valence-electron chi connectivity index (χ3n) is 10.1. The van der Waals surface area contributed by atoms with Gasteiger partial charge in [-0.1, -0.05) is 97.4 Å². The van der Waals surface area contributed by atoms with Crippen LogP contribution in [0.2, 0.25) is 0 Å². The molecule has 4 aromatic carbocycles. The van der Waals surface area contributed by atoms with Crippen molar-refractivity contribution in [1.29, 1.82) is 0 Å². The highest BCUT2D eigenvalue weighted by atomic mass is 19.4. The van der Waals surface area contributed by atoms with Crippen molar-refractivity contribution in [2.45, 2.75) is 55.8 Å². The molecule has 12 heteroatoms. The topological polar surface area (TPSA) is 82.7 Å². The van der Waals surface area contributed by atoms with Crippen molar-refractivity contribution in [3.05, 3.63) is 119 Å². The summed E-state index contributed by atoms with van der Waals surface area (Å²) in [7, 11) is 1.12. The van der Waals surface area contributed by atoms with Crippen LogP contribution < -0.4 is 16.1 Å². The number of hydrogen-bond acceptors (Lipinski definition) is 5. The Balaban J connectivity index is 1.05. The van der Waals surface area contributed by atoms with Gasteiger partial charge >= 0.3 is 12.2 Å². The largest absolute Gasteiger partial charge is 0.405 e. The molecule has 7 nitrogen and oxygen atoms in total. The first-order valence-corrected chi connectivity index (χ1v) is 17.4. The Kier molecular flexibility index (Phi) is 11.1. The zero-order valence-corrected chi connectivity index (χ0v) is 28.7. The highest BCUT2D eigenvalue weighted by Crippen LogP contribution is 2.51. The van der Waals surface area contributed by atoms with Crippen LogP contribution in [0.3, 0.4) is 0 Å². The molecule has 2 amide bonds. The monoisotopic (exact) mass is 720 g/mol. The molecule has 1 aliphatic carbocycles. The molecule has 4 aromatic rings. The van der Waals surface area contributed by atoms with Gasteiger partial charge in [0.1, 0.15) is 12.0 Å². The molecule has 52 heavy (non-hydrogen) atoms. The fraction of sp³-hybridized carbons (Fsp3) is 0.350. The Morgan fingerprint density at radius 2 is 1.37 bits per heavy atom. The molecule has 0 saturated carbocycles. The normalized spacial score (nSPS) is 15.9. The van der Waals surface area contributed by atoms with Gasteiger partial charge in [0, 0.05) is 30.3 Å². The van der Waals surface area contributed by atoms with Crippen LogP contribution in [0, 0.1) is 0 Å². The third kappa shape index (κ3) is 7.89. The molecule has 0 atom stereocenters. The molecular formula is C40H41F5N4O3. The molecule has 1 saturated heterocycles. The van der Waals surface area contributed by atoms with Crippen molar-refractivity contribution in [2.75, 3.05) is 33.3 Å². The summed E-state index contributed by atoms with van der Waals surface area (Å²) < 4.78 is 68.0. The number of rotatable bonds is 13. The fourth-order valence-electron chi connectivity index (χ4n) is 7.55. The molecular weight excluding hydrogens is 679 g/mol. The van der Waals surface area contributed by atoms with Gasteiger partial charge in [-0.25, -0.2) is 0 Å². The second-order valence-corrected chi connectivity index (χ2v) is 13.3. The van der Waals surface area contributed by atoms with Gasteiger partial charge in [-0.2, -0.15) is 22.0 Å². The number of hydrogen-bond donors (Lipinski definition) is 3. The van der Waals surface area contributed by atoms with Crippen molar-refractivity contribution < 1.29 is 36.4 Å². The zero-order chi connectivity index (χ0) is 36.9. The number of piperidine rings is 1. The molecule has 1 aliphatic heterocycles. The van der Waals surface area contributed by atoms with E-state index in [1.165, 1.54) is 12.1 Å². The maximum absolute atomic E-state index is 14.2. The lowest BCUT2D eigenvalue weighted by molar-refractivity contribution is -0.150. The smallest absolute Gasteiger partial charge is 0.349 e. The van der Waals surface area contributed by atoms with E-state index in [1.54, 1.807) is 41.9 Å². The molecule has 0 radical (unpaired) electrons. The quantitative estimate of drug-likeness (QED) is 0.0575. The molecule has 0 aromatic heterocycles. The molecule has 274 valence electrons. The Labute approximate surface area is 299 Å². The molecule has 0 bridgehead atoms. The molecule has 2 aliphatic rings. The Hall–Kier alpha value is -4.65. The zero-order valence-electron chi connectivity index (χ0n) is 28.7. The van der Waals surface area contributed by atoms with Crippen molar-refractivity contribution >= 4 is 11.8 Å². The van der Waals surface area contributed by atoms with Gasteiger partial charge < -0.3 is 15.5 Å². The van der Waals surface area contributed by atoms with E-state index in [0.29, 0.717) is 29.5 Å². The minimum atomic E-state index is -4.53. The van der Waals surface area contributed by atoms with Crippen LogP contribution in [0.1, 0.15) is 59.2 Å². The molecule has 0 unspecified atom stereocenters. The van der Waals surface area contributed by atoms with Crippen LogP contribution in [0.25, 0.3) is 22.3 Å². The number of hydroxylamine groups is 1. The number of fused-ring (bicyclic) bond motifs is 3. The van der Waals surface area contributed by atoms with E-state index in [9.17, 15) is 31.5 Å². The number of nitrogens with one attached hydrogen (secondary N) is 3. The van der Waals surface area contributed by atoms with Crippen LogP contribution in [-0.4, -0.2) is 62.2 Å².